The Morgan fingerprint density at radius 2 is 1.64 bits per heavy atom. The normalized spacial score (nSPS) is 12.4. The summed E-state index contributed by atoms with van der Waals surface area (Å²) in [7, 11) is 0. The molecule has 0 aliphatic heterocycles. The third-order valence-electron chi connectivity index (χ3n) is 4.02. The number of benzene rings is 2. The highest BCUT2D eigenvalue weighted by Crippen LogP contribution is 2.29. The Morgan fingerprint density at radius 3 is 2.18 bits per heavy atom. The Labute approximate surface area is 130 Å². The van der Waals surface area contributed by atoms with Gasteiger partial charge in [0, 0.05) is 18.1 Å². The first-order chi connectivity index (χ1) is 10.6. The van der Waals surface area contributed by atoms with Gasteiger partial charge >= 0.3 is 0 Å². The van der Waals surface area contributed by atoms with Crippen molar-refractivity contribution in [1.82, 2.24) is 9.55 Å². The molecule has 0 spiro atoms. The maximum absolute atomic E-state index is 10.7. The summed E-state index contributed by atoms with van der Waals surface area (Å²) in [6, 6.07) is 12.2. The number of aromatic nitrogens is 2. The maximum Gasteiger partial charge on any atom is 0.105 e. The van der Waals surface area contributed by atoms with E-state index in [4.69, 9.17) is 0 Å². The monoisotopic (exact) mass is 292 g/mol. The quantitative estimate of drug-likeness (QED) is 0.795. The molecule has 0 saturated carbocycles. The second-order valence-corrected chi connectivity index (χ2v) is 5.78. The summed E-state index contributed by atoms with van der Waals surface area (Å²) >= 11 is 0. The molecule has 1 N–H and O–H groups in total. The minimum atomic E-state index is -0.600. The number of hydrogen-bond acceptors (Lipinski definition) is 2. The number of imidazole rings is 1. The average molecular weight is 292 g/mol. The molecule has 2 aromatic carbocycles. The molecular formula is C19H20N2O. The maximum atomic E-state index is 10.7. The van der Waals surface area contributed by atoms with E-state index in [0.29, 0.717) is 0 Å². The molecule has 0 saturated heterocycles. The van der Waals surface area contributed by atoms with Crippen molar-refractivity contribution >= 4 is 0 Å². The zero-order chi connectivity index (χ0) is 15.7. The van der Waals surface area contributed by atoms with Crippen LogP contribution in [0.1, 0.15) is 33.9 Å². The van der Waals surface area contributed by atoms with Gasteiger partial charge in [0.15, 0.2) is 0 Å². The standard InChI is InChI=1S/C19H20N2O/c1-13-10-14(2)18(15(3)11-13)19(22)16-4-6-17(7-5-16)21-9-8-20-12-21/h4-12,19,22H,1-3H3. The van der Waals surface area contributed by atoms with Gasteiger partial charge < -0.3 is 9.67 Å². The van der Waals surface area contributed by atoms with Crippen LogP contribution in [0.15, 0.2) is 55.1 Å². The van der Waals surface area contributed by atoms with E-state index in [9.17, 15) is 5.11 Å². The van der Waals surface area contributed by atoms with Crippen LogP contribution in [0.5, 0.6) is 0 Å². The molecule has 3 heteroatoms. The summed E-state index contributed by atoms with van der Waals surface area (Å²) in [4.78, 5) is 4.05. The third-order valence-corrected chi connectivity index (χ3v) is 4.02. The highest BCUT2D eigenvalue weighted by molar-refractivity contribution is 5.44. The lowest BCUT2D eigenvalue weighted by atomic mass is 9.92. The zero-order valence-electron chi connectivity index (χ0n) is 13.1. The van der Waals surface area contributed by atoms with Crippen molar-refractivity contribution in [3.8, 4) is 5.69 Å². The highest BCUT2D eigenvalue weighted by Gasteiger charge is 2.15. The first kappa shape index (κ1) is 14.5. The molecule has 1 aromatic heterocycles. The van der Waals surface area contributed by atoms with Crippen molar-refractivity contribution < 1.29 is 5.11 Å². The summed E-state index contributed by atoms with van der Waals surface area (Å²) in [6.45, 7) is 6.19. The van der Waals surface area contributed by atoms with E-state index in [2.05, 4.69) is 37.9 Å². The summed E-state index contributed by atoms with van der Waals surface area (Å²) in [6.07, 6.45) is 4.82. The number of rotatable bonds is 3. The topological polar surface area (TPSA) is 38.0 Å². The van der Waals surface area contributed by atoms with Gasteiger partial charge in [-0.3, -0.25) is 0 Å². The molecule has 1 heterocycles. The lowest BCUT2D eigenvalue weighted by Crippen LogP contribution is -2.05. The summed E-state index contributed by atoms with van der Waals surface area (Å²) < 4.78 is 1.94. The van der Waals surface area contributed by atoms with Crippen LogP contribution in [0, 0.1) is 20.8 Å². The number of nitrogens with zero attached hydrogens (tertiary/aromatic N) is 2. The lowest BCUT2D eigenvalue weighted by Gasteiger charge is -2.18. The first-order valence-corrected chi connectivity index (χ1v) is 7.40. The van der Waals surface area contributed by atoms with Crippen molar-refractivity contribution in [2.45, 2.75) is 26.9 Å². The van der Waals surface area contributed by atoms with Crippen LogP contribution < -0.4 is 0 Å². The van der Waals surface area contributed by atoms with Crippen molar-refractivity contribution in [3.05, 3.63) is 82.9 Å². The minimum absolute atomic E-state index is 0.600. The molecule has 3 aromatic rings. The summed E-state index contributed by atoms with van der Waals surface area (Å²) in [5, 5.41) is 10.7. The van der Waals surface area contributed by atoms with Gasteiger partial charge in [-0.25, -0.2) is 4.98 Å². The van der Waals surface area contributed by atoms with Gasteiger partial charge in [0.1, 0.15) is 6.10 Å². The fourth-order valence-electron chi connectivity index (χ4n) is 3.03. The van der Waals surface area contributed by atoms with Crippen LogP contribution >= 0.6 is 0 Å². The predicted molar refractivity (Wildman–Crippen MR) is 88.3 cm³/mol. The number of aliphatic hydroxyl groups excluding tert-OH is 1. The van der Waals surface area contributed by atoms with E-state index in [1.54, 1.807) is 12.5 Å². The molecule has 0 aliphatic carbocycles. The molecule has 1 unspecified atom stereocenters. The zero-order valence-corrected chi connectivity index (χ0v) is 13.1. The Balaban J connectivity index is 1.94. The van der Waals surface area contributed by atoms with Crippen molar-refractivity contribution in [1.29, 1.82) is 0 Å². The van der Waals surface area contributed by atoms with Gasteiger partial charge in [0.25, 0.3) is 0 Å². The van der Waals surface area contributed by atoms with E-state index in [0.717, 1.165) is 27.9 Å². The summed E-state index contributed by atoms with van der Waals surface area (Å²) in [5.41, 5.74) is 6.42. The molecule has 3 nitrogen and oxygen atoms in total. The van der Waals surface area contributed by atoms with E-state index >= 15 is 0 Å². The molecule has 0 bridgehead atoms. The van der Waals surface area contributed by atoms with Crippen LogP contribution in [0.4, 0.5) is 0 Å². The van der Waals surface area contributed by atoms with Crippen LogP contribution in [-0.4, -0.2) is 14.7 Å². The number of hydrogen-bond donors (Lipinski definition) is 1. The summed E-state index contributed by atoms with van der Waals surface area (Å²) in [5.74, 6) is 0. The smallest absolute Gasteiger partial charge is 0.105 e. The van der Waals surface area contributed by atoms with Crippen molar-refractivity contribution in [2.75, 3.05) is 0 Å². The Morgan fingerprint density at radius 1 is 1.00 bits per heavy atom. The predicted octanol–water partition coefficient (Wildman–Crippen LogP) is 3.88. The molecule has 3 rings (SSSR count). The van der Waals surface area contributed by atoms with Crippen LogP contribution in [0.2, 0.25) is 0 Å². The fourth-order valence-corrected chi connectivity index (χ4v) is 3.03. The Hall–Kier alpha value is -2.39. The fraction of sp³-hybridized carbons (Fsp3) is 0.211. The van der Waals surface area contributed by atoms with Gasteiger partial charge in [0.05, 0.1) is 6.33 Å². The molecule has 1 atom stereocenters. The van der Waals surface area contributed by atoms with Crippen molar-refractivity contribution in [2.24, 2.45) is 0 Å². The second kappa shape index (κ2) is 5.78. The Bertz CT molecular complexity index is 751. The number of aliphatic hydroxyl groups is 1. The number of aryl methyl sites for hydroxylation is 3. The van der Waals surface area contributed by atoms with Crippen molar-refractivity contribution in [3.63, 3.8) is 0 Å². The molecule has 112 valence electrons. The molecule has 0 amide bonds. The van der Waals surface area contributed by atoms with Gasteiger partial charge in [-0.05, 0) is 55.2 Å². The SMILES string of the molecule is Cc1cc(C)c(C(O)c2ccc(-n3ccnc3)cc2)c(C)c1. The lowest BCUT2D eigenvalue weighted by molar-refractivity contribution is 0.219. The van der Waals surface area contributed by atoms with E-state index in [1.807, 2.05) is 35.0 Å². The van der Waals surface area contributed by atoms with Crippen LogP contribution in [0.3, 0.4) is 0 Å². The van der Waals surface area contributed by atoms with Crippen LogP contribution in [-0.2, 0) is 0 Å². The van der Waals surface area contributed by atoms with Gasteiger partial charge in [-0.2, -0.15) is 0 Å². The molecule has 0 fully saturated rings. The molecule has 0 aliphatic rings. The van der Waals surface area contributed by atoms with Gasteiger partial charge in [0.2, 0.25) is 0 Å². The second-order valence-electron chi connectivity index (χ2n) is 5.78. The minimum Gasteiger partial charge on any atom is -0.384 e. The molecule has 22 heavy (non-hydrogen) atoms. The van der Waals surface area contributed by atoms with Crippen LogP contribution in [0.25, 0.3) is 5.69 Å². The molecular weight excluding hydrogens is 272 g/mol. The van der Waals surface area contributed by atoms with Gasteiger partial charge in [-0.15, -0.1) is 0 Å². The highest BCUT2D eigenvalue weighted by atomic mass is 16.3. The largest absolute Gasteiger partial charge is 0.384 e. The van der Waals surface area contributed by atoms with Gasteiger partial charge in [-0.1, -0.05) is 29.8 Å². The van der Waals surface area contributed by atoms with E-state index < -0.39 is 6.10 Å². The van der Waals surface area contributed by atoms with E-state index in [-0.39, 0.29) is 0 Å². The average Bonchev–Trinajstić information content (AvgIpc) is 3.00. The third kappa shape index (κ3) is 2.68. The molecule has 0 radical (unpaired) electrons. The van der Waals surface area contributed by atoms with E-state index in [1.165, 1.54) is 5.56 Å². The first-order valence-electron chi connectivity index (χ1n) is 7.40. The Kier molecular flexibility index (Phi) is 3.82.